The van der Waals surface area contributed by atoms with Crippen molar-refractivity contribution >= 4 is 0 Å². The Bertz CT molecular complexity index is 473. The lowest BCUT2D eigenvalue weighted by molar-refractivity contribution is -0.137. The third kappa shape index (κ3) is 4.39. The number of ether oxygens (including phenoxy) is 1. The molecule has 21 heavy (non-hydrogen) atoms. The van der Waals surface area contributed by atoms with Gasteiger partial charge in [-0.15, -0.1) is 0 Å². The van der Waals surface area contributed by atoms with Crippen molar-refractivity contribution in [1.82, 2.24) is 5.32 Å². The molecule has 0 radical (unpaired) electrons. The molecule has 0 aliphatic carbocycles. The number of halogens is 4. The smallest absolute Gasteiger partial charge is 0.377 e. The zero-order valence-corrected chi connectivity index (χ0v) is 11.4. The number of nitrogens with two attached hydrogens (primary N) is 1. The van der Waals surface area contributed by atoms with Crippen LogP contribution in [0.5, 0.6) is 0 Å². The monoisotopic (exact) mass is 306 g/mol. The molecule has 0 spiro atoms. The van der Waals surface area contributed by atoms with Crippen molar-refractivity contribution in [3.05, 3.63) is 35.1 Å². The SMILES string of the molecule is NCC(NCC1CCCO1)c1cc(F)cc(C(F)(F)F)c1. The van der Waals surface area contributed by atoms with Crippen molar-refractivity contribution in [2.75, 3.05) is 19.7 Å². The highest BCUT2D eigenvalue weighted by Crippen LogP contribution is 2.31. The minimum absolute atomic E-state index is 0.0368. The van der Waals surface area contributed by atoms with E-state index in [9.17, 15) is 17.6 Å². The fourth-order valence-corrected chi connectivity index (χ4v) is 2.39. The van der Waals surface area contributed by atoms with Crippen molar-refractivity contribution < 1.29 is 22.3 Å². The van der Waals surface area contributed by atoms with Crippen LogP contribution in [-0.4, -0.2) is 25.8 Å². The van der Waals surface area contributed by atoms with Gasteiger partial charge >= 0.3 is 6.18 Å². The quantitative estimate of drug-likeness (QED) is 0.822. The third-order valence-corrected chi connectivity index (χ3v) is 3.50. The summed E-state index contributed by atoms with van der Waals surface area (Å²) in [7, 11) is 0. The molecule has 2 rings (SSSR count). The van der Waals surface area contributed by atoms with Crippen LogP contribution in [0.4, 0.5) is 17.6 Å². The Balaban J connectivity index is 2.11. The molecule has 0 saturated carbocycles. The molecule has 1 aromatic carbocycles. The number of nitrogens with one attached hydrogen (secondary N) is 1. The summed E-state index contributed by atoms with van der Waals surface area (Å²) in [5, 5.41) is 3.05. The predicted octanol–water partition coefficient (Wildman–Crippen LogP) is 2.61. The van der Waals surface area contributed by atoms with Crippen LogP contribution in [0.15, 0.2) is 18.2 Å². The van der Waals surface area contributed by atoms with Crippen LogP contribution in [0.3, 0.4) is 0 Å². The topological polar surface area (TPSA) is 47.3 Å². The maximum absolute atomic E-state index is 13.4. The van der Waals surface area contributed by atoms with Crippen molar-refractivity contribution in [2.45, 2.75) is 31.2 Å². The molecule has 3 N–H and O–H groups in total. The van der Waals surface area contributed by atoms with E-state index >= 15 is 0 Å². The van der Waals surface area contributed by atoms with Crippen LogP contribution in [0.1, 0.15) is 30.0 Å². The van der Waals surface area contributed by atoms with E-state index < -0.39 is 23.6 Å². The van der Waals surface area contributed by atoms with Crippen molar-refractivity contribution in [1.29, 1.82) is 0 Å². The lowest BCUT2D eigenvalue weighted by atomic mass is 10.0. The van der Waals surface area contributed by atoms with Crippen LogP contribution in [0, 0.1) is 5.82 Å². The Hall–Kier alpha value is -1.18. The first-order valence-corrected chi connectivity index (χ1v) is 6.83. The molecule has 2 atom stereocenters. The molecule has 2 unspecified atom stereocenters. The maximum Gasteiger partial charge on any atom is 0.416 e. The summed E-state index contributed by atoms with van der Waals surface area (Å²) in [6.07, 6.45) is -2.67. The van der Waals surface area contributed by atoms with Crippen LogP contribution in [0.25, 0.3) is 0 Å². The molecule has 7 heteroatoms. The van der Waals surface area contributed by atoms with Crippen LogP contribution >= 0.6 is 0 Å². The second-order valence-electron chi connectivity index (χ2n) is 5.10. The zero-order valence-electron chi connectivity index (χ0n) is 11.4. The standard InChI is InChI=1S/C14H18F4N2O/c15-11-5-9(4-10(6-11)14(16,17)18)13(7-19)20-8-12-2-1-3-21-12/h4-6,12-13,20H,1-3,7-8,19H2. The summed E-state index contributed by atoms with van der Waals surface area (Å²) in [4.78, 5) is 0. The van der Waals surface area contributed by atoms with Gasteiger partial charge in [0.15, 0.2) is 0 Å². The van der Waals surface area contributed by atoms with E-state index in [1.165, 1.54) is 0 Å². The van der Waals surface area contributed by atoms with Gasteiger partial charge in [0.05, 0.1) is 11.7 Å². The molecule has 118 valence electrons. The average Bonchev–Trinajstić information content (AvgIpc) is 2.91. The first-order valence-electron chi connectivity index (χ1n) is 6.83. The predicted molar refractivity (Wildman–Crippen MR) is 70.2 cm³/mol. The maximum atomic E-state index is 13.4. The lowest BCUT2D eigenvalue weighted by Crippen LogP contribution is -2.34. The Morgan fingerprint density at radius 3 is 2.67 bits per heavy atom. The van der Waals surface area contributed by atoms with Crippen molar-refractivity contribution in [3.63, 3.8) is 0 Å². The molecular formula is C14H18F4N2O. The molecule has 3 nitrogen and oxygen atoms in total. The van der Waals surface area contributed by atoms with Crippen LogP contribution < -0.4 is 11.1 Å². The Kier molecular flexibility index (Phi) is 5.18. The van der Waals surface area contributed by atoms with E-state index in [1.807, 2.05) is 0 Å². The number of alkyl halides is 3. The van der Waals surface area contributed by atoms with Gasteiger partial charge < -0.3 is 15.8 Å². The average molecular weight is 306 g/mol. The van der Waals surface area contributed by atoms with E-state index in [-0.39, 0.29) is 18.2 Å². The molecule has 0 bridgehead atoms. The Morgan fingerprint density at radius 2 is 2.10 bits per heavy atom. The van der Waals surface area contributed by atoms with E-state index in [2.05, 4.69) is 5.32 Å². The minimum Gasteiger partial charge on any atom is -0.377 e. The fourth-order valence-electron chi connectivity index (χ4n) is 2.39. The highest BCUT2D eigenvalue weighted by atomic mass is 19.4. The number of benzene rings is 1. The second kappa shape index (κ2) is 6.72. The third-order valence-electron chi connectivity index (χ3n) is 3.50. The lowest BCUT2D eigenvalue weighted by Gasteiger charge is -2.21. The summed E-state index contributed by atoms with van der Waals surface area (Å²) in [5.41, 5.74) is 4.78. The minimum atomic E-state index is -4.58. The van der Waals surface area contributed by atoms with Gasteiger partial charge in [0.2, 0.25) is 0 Å². The number of rotatable bonds is 5. The van der Waals surface area contributed by atoms with Crippen molar-refractivity contribution in [2.24, 2.45) is 5.73 Å². The van der Waals surface area contributed by atoms with Gasteiger partial charge in [0.1, 0.15) is 5.82 Å². The van der Waals surface area contributed by atoms with Crippen LogP contribution in [-0.2, 0) is 10.9 Å². The van der Waals surface area contributed by atoms with Gasteiger partial charge in [-0.3, -0.25) is 0 Å². The summed E-state index contributed by atoms with van der Waals surface area (Å²) in [6, 6.07) is 1.96. The van der Waals surface area contributed by atoms with Gasteiger partial charge in [0, 0.05) is 25.7 Å². The number of hydrogen-bond acceptors (Lipinski definition) is 3. The Labute approximate surface area is 120 Å². The van der Waals surface area contributed by atoms with Gasteiger partial charge in [0.25, 0.3) is 0 Å². The molecule has 1 saturated heterocycles. The molecule has 0 amide bonds. The highest BCUT2D eigenvalue weighted by Gasteiger charge is 2.32. The first kappa shape index (κ1) is 16.2. The van der Waals surface area contributed by atoms with Gasteiger partial charge in [-0.05, 0) is 36.6 Å². The van der Waals surface area contributed by atoms with Crippen molar-refractivity contribution in [3.8, 4) is 0 Å². The second-order valence-corrected chi connectivity index (χ2v) is 5.10. The molecule has 0 aromatic heterocycles. The summed E-state index contributed by atoms with van der Waals surface area (Å²) >= 11 is 0. The molecular weight excluding hydrogens is 288 g/mol. The molecule has 1 aromatic rings. The summed E-state index contributed by atoms with van der Waals surface area (Å²) < 4.78 is 57.0. The Morgan fingerprint density at radius 1 is 1.33 bits per heavy atom. The molecule has 1 aliphatic heterocycles. The molecule has 1 aliphatic rings. The molecule has 1 fully saturated rings. The molecule has 1 heterocycles. The number of hydrogen-bond donors (Lipinski definition) is 2. The van der Waals surface area contributed by atoms with E-state index in [0.29, 0.717) is 19.2 Å². The largest absolute Gasteiger partial charge is 0.416 e. The van der Waals surface area contributed by atoms with E-state index in [4.69, 9.17) is 10.5 Å². The fraction of sp³-hybridized carbons (Fsp3) is 0.571. The highest BCUT2D eigenvalue weighted by molar-refractivity contribution is 5.29. The first-order chi connectivity index (χ1) is 9.90. The van der Waals surface area contributed by atoms with Gasteiger partial charge in [-0.1, -0.05) is 0 Å². The van der Waals surface area contributed by atoms with Gasteiger partial charge in [-0.2, -0.15) is 13.2 Å². The zero-order chi connectivity index (χ0) is 15.5. The normalized spacial score (nSPS) is 20.7. The van der Waals surface area contributed by atoms with E-state index in [0.717, 1.165) is 25.0 Å². The van der Waals surface area contributed by atoms with Gasteiger partial charge in [-0.25, -0.2) is 4.39 Å². The van der Waals surface area contributed by atoms with E-state index in [1.54, 1.807) is 0 Å². The summed E-state index contributed by atoms with van der Waals surface area (Å²) in [5.74, 6) is -0.919. The van der Waals surface area contributed by atoms with Crippen LogP contribution in [0.2, 0.25) is 0 Å². The summed E-state index contributed by atoms with van der Waals surface area (Å²) in [6.45, 7) is 1.25.